The van der Waals surface area contributed by atoms with Crippen molar-refractivity contribution in [3.05, 3.63) is 30.3 Å². The Balaban J connectivity index is 1.61. The first-order chi connectivity index (χ1) is 11.6. The lowest BCUT2D eigenvalue weighted by atomic mass is 9.97. The summed E-state index contributed by atoms with van der Waals surface area (Å²) in [5, 5.41) is 8.99. The Kier molecular flexibility index (Phi) is 7.06. The maximum atomic E-state index is 12.2. The van der Waals surface area contributed by atoms with E-state index in [1.807, 2.05) is 35.2 Å². The fourth-order valence-electron chi connectivity index (χ4n) is 2.78. The molecule has 1 aliphatic heterocycles. The predicted molar refractivity (Wildman–Crippen MR) is 91.0 cm³/mol. The summed E-state index contributed by atoms with van der Waals surface area (Å²) in [5.41, 5.74) is 0. The fourth-order valence-corrected chi connectivity index (χ4v) is 2.78. The molecule has 0 radical (unpaired) electrons. The lowest BCUT2D eigenvalue weighted by Crippen LogP contribution is -2.43. The summed E-state index contributed by atoms with van der Waals surface area (Å²) in [7, 11) is 1.80. The topological polar surface area (TPSA) is 70.1 Å². The summed E-state index contributed by atoms with van der Waals surface area (Å²) in [5.74, 6) is -0.0722. The smallest absolute Gasteiger partial charge is 0.306 e. The number of amides is 1. The zero-order valence-electron chi connectivity index (χ0n) is 14.2. The number of carboxylic acids is 1. The van der Waals surface area contributed by atoms with Gasteiger partial charge in [-0.15, -0.1) is 0 Å². The van der Waals surface area contributed by atoms with Crippen LogP contribution in [0.5, 0.6) is 5.75 Å². The Labute approximate surface area is 143 Å². The largest absolute Gasteiger partial charge is 0.494 e. The number of piperidine rings is 1. The molecule has 132 valence electrons. The molecule has 24 heavy (non-hydrogen) atoms. The van der Waals surface area contributed by atoms with Crippen LogP contribution in [-0.2, 0) is 9.59 Å². The van der Waals surface area contributed by atoms with Gasteiger partial charge in [-0.2, -0.15) is 0 Å². The van der Waals surface area contributed by atoms with Crippen molar-refractivity contribution in [2.75, 3.05) is 39.8 Å². The number of likely N-dealkylation sites (N-methyl/N-ethyl adjacent to an activating group) is 1. The van der Waals surface area contributed by atoms with Gasteiger partial charge in [0.25, 0.3) is 0 Å². The van der Waals surface area contributed by atoms with Gasteiger partial charge < -0.3 is 14.7 Å². The van der Waals surface area contributed by atoms with Gasteiger partial charge in [-0.3, -0.25) is 14.5 Å². The third-order valence-corrected chi connectivity index (χ3v) is 4.37. The predicted octanol–water partition coefficient (Wildman–Crippen LogP) is 1.71. The van der Waals surface area contributed by atoms with Gasteiger partial charge in [-0.05, 0) is 44.5 Å². The van der Waals surface area contributed by atoms with Crippen molar-refractivity contribution in [2.24, 2.45) is 5.92 Å². The molecule has 2 rings (SSSR count). The normalized spacial score (nSPS) is 15.9. The van der Waals surface area contributed by atoms with Gasteiger partial charge in [0, 0.05) is 13.6 Å². The lowest BCUT2D eigenvalue weighted by molar-refractivity contribution is -0.143. The van der Waals surface area contributed by atoms with Crippen LogP contribution < -0.4 is 4.74 Å². The van der Waals surface area contributed by atoms with E-state index in [0.717, 1.165) is 12.2 Å². The van der Waals surface area contributed by atoms with Crippen molar-refractivity contribution in [3.8, 4) is 5.75 Å². The van der Waals surface area contributed by atoms with E-state index in [2.05, 4.69) is 0 Å². The third-order valence-electron chi connectivity index (χ3n) is 4.37. The summed E-state index contributed by atoms with van der Waals surface area (Å²) >= 11 is 0. The first kappa shape index (κ1) is 18.3. The van der Waals surface area contributed by atoms with E-state index in [1.54, 1.807) is 11.9 Å². The number of hydrogen-bond acceptors (Lipinski definition) is 4. The van der Waals surface area contributed by atoms with Crippen LogP contribution in [0.15, 0.2) is 30.3 Å². The number of nitrogens with zero attached hydrogens (tertiary/aromatic N) is 2. The van der Waals surface area contributed by atoms with Gasteiger partial charge in [0.05, 0.1) is 19.1 Å². The van der Waals surface area contributed by atoms with Crippen LogP contribution in [-0.4, -0.2) is 66.6 Å². The molecule has 0 aromatic heterocycles. The van der Waals surface area contributed by atoms with E-state index in [9.17, 15) is 9.59 Å². The minimum absolute atomic E-state index is 0.0727. The number of carbonyl (C=O) groups excluding carboxylic acids is 1. The fraction of sp³-hybridized carbons (Fsp3) is 0.556. The second-order valence-corrected chi connectivity index (χ2v) is 6.22. The zero-order chi connectivity index (χ0) is 17.4. The van der Waals surface area contributed by atoms with Crippen molar-refractivity contribution < 1.29 is 19.4 Å². The number of hydrogen-bond donors (Lipinski definition) is 1. The molecule has 0 saturated carbocycles. The summed E-state index contributed by atoms with van der Waals surface area (Å²) in [6.07, 6.45) is 2.02. The highest BCUT2D eigenvalue weighted by Gasteiger charge is 2.25. The monoisotopic (exact) mass is 334 g/mol. The second kappa shape index (κ2) is 9.27. The Morgan fingerprint density at radius 1 is 1.25 bits per heavy atom. The molecule has 1 saturated heterocycles. The van der Waals surface area contributed by atoms with Gasteiger partial charge in [-0.1, -0.05) is 18.2 Å². The van der Waals surface area contributed by atoms with E-state index in [4.69, 9.17) is 9.84 Å². The van der Waals surface area contributed by atoms with E-state index >= 15 is 0 Å². The Morgan fingerprint density at radius 2 is 1.92 bits per heavy atom. The molecular formula is C18H26N2O4. The molecule has 6 heteroatoms. The molecule has 1 aromatic carbocycles. The molecule has 1 N–H and O–H groups in total. The molecule has 0 aliphatic carbocycles. The Hall–Kier alpha value is -2.08. The van der Waals surface area contributed by atoms with Crippen molar-refractivity contribution in [1.82, 2.24) is 9.80 Å². The number of para-hydroxylation sites is 1. The van der Waals surface area contributed by atoms with Gasteiger partial charge >= 0.3 is 5.97 Å². The van der Waals surface area contributed by atoms with Crippen LogP contribution >= 0.6 is 0 Å². The maximum absolute atomic E-state index is 12.2. The Bertz CT molecular complexity index is 527. The molecule has 0 spiro atoms. The van der Waals surface area contributed by atoms with Crippen LogP contribution in [0.2, 0.25) is 0 Å². The average molecular weight is 334 g/mol. The molecule has 6 nitrogen and oxygen atoms in total. The Morgan fingerprint density at radius 3 is 2.54 bits per heavy atom. The first-order valence-corrected chi connectivity index (χ1v) is 8.43. The van der Waals surface area contributed by atoms with Gasteiger partial charge in [0.1, 0.15) is 5.75 Å². The highest BCUT2D eigenvalue weighted by Crippen LogP contribution is 2.17. The number of carbonyl (C=O) groups is 2. The summed E-state index contributed by atoms with van der Waals surface area (Å²) in [6.45, 7) is 2.94. The number of rotatable bonds is 8. The standard InChI is InChI=1S/C18H26N2O4/c1-19(10-5-13-24-16-6-3-2-4-7-16)17(21)14-20-11-8-15(9-12-20)18(22)23/h2-4,6-7,15H,5,8-14H2,1H3,(H,22,23). The number of aliphatic carboxylic acids is 1. The molecule has 0 bridgehead atoms. The van der Waals surface area contributed by atoms with E-state index in [-0.39, 0.29) is 11.8 Å². The maximum Gasteiger partial charge on any atom is 0.306 e. The van der Waals surface area contributed by atoms with Crippen molar-refractivity contribution >= 4 is 11.9 Å². The summed E-state index contributed by atoms with van der Waals surface area (Å²) in [4.78, 5) is 26.9. The zero-order valence-corrected chi connectivity index (χ0v) is 14.2. The molecule has 0 atom stereocenters. The highest BCUT2D eigenvalue weighted by molar-refractivity contribution is 5.78. The average Bonchev–Trinajstić information content (AvgIpc) is 2.60. The molecule has 0 unspecified atom stereocenters. The van der Waals surface area contributed by atoms with Crippen molar-refractivity contribution in [1.29, 1.82) is 0 Å². The molecule has 1 aliphatic rings. The molecule has 1 amide bonds. The van der Waals surface area contributed by atoms with Gasteiger partial charge in [-0.25, -0.2) is 0 Å². The minimum Gasteiger partial charge on any atom is -0.494 e. The van der Waals surface area contributed by atoms with Gasteiger partial charge in [0.2, 0.25) is 5.91 Å². The summed E-state index contributed by atoms with van der Waals surface area (Å²) in [6, 6.07) is 9.63. The number of carboxylic acid groups (broad SMARTS) is 1. The highest BCUT2D eigenvalue weighted by atomic mass is 16.5. The van der Waals surface area contributed by atoms with Crippen LogP contribution in [0, 0.1) is 5.92 Å². The van der Waals surface area contributed by atoms with E-state index < -0.39 is 5.97 Å². The van der Waals surface area contributed by atoms with Crippen molar-refractivity contribution in [2.45, 2.75) is 19.3 Å². The number of benzene rings is 1. The van der Waals surface area contributed by atoms with Crippen molar-refractivity contribution in [3.63, 3.8) is 0 Å². The minimum atomic E-state index is -0.725. The molecule has 1 heterocycles. The number of likely N-dealkylation sites (tertiary alicyclic amines) is 1. The molecule has 1 fully saturated rings. The first-order valence-electron chi connectivity index (χ1n) is 8.43. The van der Waals surface area contributed by atoms with E-state index in [0.29, 0.717) is 45.6 Å². The summed E-state index contributed by atoms with van der Waals surface area (Å²) < 4.78 is 5.62. The quantitative estimate of drug-likeness (QED) is 0.733. The van der Waals surface area contributed by atoms with Crippen LogP contribution in [0.25, 0.3) is 0 Å². The van der Waals surface area contributed by atoms with Crippen LogP contribution in [0.4, 0.5) is 0 Å². The SMILES string of the molecule is CN(CCCOc1ccccc1)C(=O)CN1CCC(C(=O)O)CC1. The number of ether oxygens (including phenoxy) is 1. The van der Waals surface area contributed by atoms with Crippen LogP contribution in [0.3, 0.4) is 0 Å². The van der Waals surface area contributed by atoms with Gasteiger partial charge in [0.15, 0.2) is 0 Å². The second-order valence-electron chi connectivity index (χ2n) is 6.22. The molecular weight excluding hydrogens is 308 g/mol. The van der Waals surface area contributed by atoms with E-state index in [1.165, 1.54) is 0 Å². The van der Waals surface area contributed by atoms with Crippen LogP contribution in [0.1, 0.15) is 19.3 Å². The lowest BCUT2D eigenvalue weighted by Gasteiger charge is -2.30. The third kappa shape index (κ3) is 5.85. The molecule has 1 aromatic rings.